The molecule has 0 bridgehead atoms. The average molecular weight is 245 g/mol. The third-order valence-electron chi connectivity index (χ3n) is 3.95. The minimum Gasteiger partial charge on any atom is -0.491 e. The molecule has 1 atom stereocenters. The van der Waals surface area contributed by atoms with Crippen molar-refractivity contribution in [3.63, 3.8) is 0 Å². The number of para-hydroxylation sites is 1. The van der Waals surface area contributed by atoms with E-state index in [2.05, 4.69) is 11.4 Å². The molecule has 0 radical (unpaired) electrons. The van der Waals surface area contributed by atoms with Crippen molar-refractivity contribution in [3.8, 4) is 5.75 Å². The van der Waals surface area contributed by atoms with E-state index in [1.807, 2.05) is 18.2 Å². The highest BCUT2D eigenvalue weighted by molar-refractivity contribution is 5.79. The molecule has 18 heavy (non-hydrogen) atoms. The lowest BCUT2D eigenvalue weighted by Crippen LogP contribution is -2.44. The van der Waals surface area contributed by atoms with Gasteiger partial charge in [-0.25, -0.2) is 0 Å². The molecule has 1 fully saturated rings. The zero-order chi connectivity index (χ0) is 12.4. The molecule has 3 nitrogen and oxygen atoms in total. The molecular weight excluding hydrogens is 226 g/mol. The van der Waals surface area contributed by atoms with Gasteiger partial charge in [0.15, 0.2) is 0 Å². The fourth-order valence-electron chi connectivity index (χ4n) is 2.93. The predicted molar refractivity (Wildman–Crippen MR) is 69.5 cm³/mol. The van der Waals surface area contributed by atoms with Crippen LogP contribution in [0.5, 0.6) is 5.75 Å². The van der Waals surface area contributed by atoms with E-state index < -0.39 is 0 Å². The molecule has 0 saturated heterocycles. The monoisotopic (exact) mass is 245 g/mol. The van der Waals surface area contributed by atoms with Crippen molar-refractivity contribution in [3.05, 3.63) is 29.8 Å². The summed E-state index contributed by atoms with van der Waals surface area (Å²) in [6.45, 7) is 0.593. The van der Waals surface area contributed by atoms with Crippen molar-refractivity contribution in [1.82, 2.24) is 5.32 Å². The fraction of sp³-hybridized carbons (Fsp3) is 0.533. The summed E-state index contributed by atoms with van der Waals surface area (Å²) in [6.07, 6.45) is 5.38. The maximum Gasteiger partial charge on any atom is 0.223 e. The van der Waals surface area contributed by atoms with E-state index in [9.17, 15) is 4.79 Å². The van der Waals surface area contributed by atoms with Crippen molar-refractivity contribution in [2.45, 2.75) is 38.1 Å². The number of amides is 1. The van der Waals surface area contributed by atoms with Crippen LogP contribution in [0.3, 0.4) is 0 Å². The van der Waals surface area contributed by atoms with Gasteiger partial charge >= 0.3 is 0 Å². The Morgan fingerprint density at radius 1 is 1.22 bits per heavy atom. The van der Waals surface area contributed by atoms with Gasteiger partial charge in [-0.3, -0.25) is 4.79 Å². The van der Waals surface area contributed by atoms with Gasteiger partial charge < -0.3 is 10.1 Å². The summed E-state index contributed by atoms with van der Waals surface area (Å²) >= 11 is 0. The second-order valence-electron chi connectivity index (χ2n) is 5.31. The Morgan fingerprint density at radius 3 is 2.83 bits per heavy atom. The van der Waals surface area contributed by atoms with Crippen LogP contribution in [0, 0.1) is 5.92 Å². The normalized spacial score (nSPS) is 23.2. The first kappa shape index (κ1) is 11.6. The molecule has 0 spiro atoms. The third kappa shape index (κ3) is 2.35. The minimum absolute atomic E-state index is 0.132. The summed E-state index contributed by atoms with van der Waals surface area (Å²) in [5.41, 5.74) is 1.19. The van der Waals surface area contributed by atoms with Crippen LogP contribution in [0.25, 0.3) is 0 Å². The van der Waals surface area contributed by atoms with Crippen LogP contribution >= 0.6 is 0 Å². The van der Waals surface area contributed by atoms with Crippen LogP contribution in [0.2, 0.25) is 0 Å². The number of fused-ring (bicyclic) bond motifs is 1. The van der Waals surface area contributed by atoms with E-state index in [-0.39, 0.29) is 17.9 Å². The van der Waals surface area contributed by atoms with E-state index in [4.69, 9.17) is 4.74 Å². The summed E-state index contributed by atoms with van der Waals surface area (Å²) in [7, 11) is 0. The lowest BCUT2D eigenvalue weighted by atomic mass is 10.0. The van der Waals surface area contributed by atoms with Crippen LogP contribution in [-0.4, -0.2) is 18.6 Å². The molecule has 1 aliphatic heterocycles. The number of hydrogen-bond acceptors (Lipinski definition) is 2. The maximum absolute atomic E-state index is 12.1. The Bertz CT molecular complexity index is 438. The smallest absolute Gasteiger partial charge is 0.223 e. The number of rotatable bonds is 2. The van der Waals surface area contributed by atoms with Crippen molar-refractivity contribution in [1.29, 1.82) is 0 Å². The quantitative estimate of drug-likeness (QED) is 0.868. The first-order valence-electron chi connectivity index (χ1n) is 6.84. The Morgan fingerprint density at radius 2 is 2.00 bits per heavy atom. The van der Waals surface area contributed by atoms with Gasteiger partial charge in [-0.1, -0.05) is 31.0 Å². The molecule has 1 unspecified atom stereocenters. The van der Waals surface area contributed by atoms with E-state index >= 15 is 0 Å². The minimum atomic E-state index is 0.132. The standard InChI is InChI=1S/C15H19NO2/c17-15(11-5-1-2-6-11)16-13-9-12-7-3-4-8-14(12)18-10-13/h3-4,7-8,11,13H,1-2,5-6,9-10H2,(H,16,17). The molecule has 1 heterocycles. The second-order valence-corrected chi connectivity index (χ2v) is 5.31. The van der Waals surface area contributed by atoms with Crippen molar-refractivity contribution in [2.75, 3.05) is 6.61 Å². The fourth-order valence-corrected chi connectivity index (χ4v) is 2.93. The summed E-state index contributed by atoms with van der Waals surface area (Å²) in [4.78, 5) is 12.1. The molecule has 3 rings (SSSR count). The SMILES string of the molecule is O=C(NC1COc2ccccc2C1)C1CCCC1. The summed E-state index contributed by atoms with van der Waals surface area (Å²) in [5.74, 6) is 1.42. The zero-order valence-electron chi connectivity index (χ0n) is 10.5. The van der Waals surface area contributed by atoms with Gasteiger partial charge in [-0.05, 0) is 30.9 Å². The third-order valence-corrected chi connectivity index (χ3v) is 3.95. The van der Waals surface area contributed by atoms with Crippen LogP contribution in [0.15, 0.2) is 24.3 Å². The lowest BCUT2D eigenvalue weighted by molar-refractivity contribution is -0.125. The molecular formula is C15H19NO2. The number of carbonyl (C=O) groups is 1. The van der Waals surface area contributed by atoms with E-state index in [1.165, 1.54) is 18.4 Å². The first-order valence-corrected chi connectivity index (χ1v) is 6.84. The van der Waals surface area contributed by atoms with E-state index in [1.54, 1.807) is 0 Å². The number of nitrogens with one attached hydrogen (secondary N) is 1. The Balaban J connectivity index is 1.60. The average Bonchev–Trinajstić information content (AvgIpc) is 2.92. The molecule has 3 heteroatoms. The molecule has 1 amide bonds. The number of benzene rings is 1. The second kappa shape index (κ2) is 5.01. The summed E-state index contributed by atoms with van der Waals surface area (Å²) in [6, 6.07) is 8.20. The molecule has 0 aromatic heterocycles. The number of ether oxygens (including phenoxy) is 1. The van der Waals surface area contributed by atoms with Crippen molar-refractivity contribution >= 4 is 5.91 Å². The molecule has 1 saturated carbocycles. The molecule has 1 aliphatic carbocycles. The molecule has 1 aromatic rings. The van der Waals surface area contributed by atoms with Gasteiger partial charge in [0.25, 0.3) is 0 Å². The Labute approximate surface area is 108 Å². The summed E-state index contributed by atoms with van der Waals surface area (Å²) in [5, 5.41) is 3.14. The van der Waals surface area contributed by atoms with Crippen molar-refractivity contribution in [2.24, 2.45) is 5.92 Å². The Hall–Kier alpha value is -1.51. The number of carbonyl (C=O) groups excluding carboxylic acids is 1. The van der Waals surface area contributed by atoms with Gasteiger partial charge in [0.05, 0.1) is 6.04 Å². The van der Waals surface area contributed by atoms with E-state index in [0.717, 1.165) is 25.0 Å². The highest BCUT2D eigenvalue weighted by Gasteiger charge is 2.26. The van der Waals surface area contributed by atoms with E-state index in [0.29, 0.717) is 6.61 Å². The van der Waals surface area contributed by atoms with Crippen LogP contribution < -0.4 is 10.1 Å². The summed E-state index contributed by atoms with van der Waals surface area (Å²) < 4.78 is 5.68. The van der Waals surface area contributed by atoms with Crippen LogP contribution in [0.4, 0.5) is 0 Å². The van der Waals surface area contributed by atoms with Gasteiger partial charge in [0.1, 0.15) is 12.4 Å². The maximum atomic E-state index is 12.1. The number of hydrogen-bond donors (Lipinski definition) is 1. The molecule has 2 aliphatic rings. The van der Waals surface area contributed by atoms with Crippen LogP contribution in [-0.2, 0) is 11.2 Å². The molecule has 1 aromatic carbocycles. The topological polar surface area (TPSA) is 38.3 Å². The van der Waals surface area contributed by atoms with Gasteiger partial charge in [0.2, 0.25) is 5.91 Å². The van der Waals surface area contributed by atoms with Crippen LogP contribution in [0.1, 0.15) is 31.2 Å². The zero-order valence-corrected chi connectivity index (χ0v) is 10.5. The first-order chi connectivity index (χ1) is 8.83. The lowest BCUT2D eigenvalue weighted by Gasteiger charge is -2.27. The van der Waals surface area contributed by atoms with Crippen molar-refractivity contribution < 1.29 is 9.53 Å². The predicted octanol–water partition coefficient (Wildman–Crippen LogP) is 2.30. The molecule has 96 valence electrons. The van der Waals surface area contributed by atoms with Gasteiger partial charge in [-0.15, -0.1) is 0 Å². The largest absolute Gasteiger partial charge is 0.491 e. The highest BCUT2D eigenvalue weighted by Crippen LogP contribution is 2.26. The Kier molecular flexibility index (Phi) is 3.22. The molecule has 1 N–H and O–H groups in total. The van der Waals surface area contributed by atoms with Gasteiger partial charge in [0, 0.05) is 5.92 Å². The highest BCUT2D eigenvalue weighted by atomic mass is 16.5. The van der Waals surface area contributed by atoms with Gasteiger partial charge in [-0.2, -0.15) is 0 Å².